The highest BCUT2D eigenvalue weighted by Gasteiger charge is 2.39. The molecule has 34 heavy (non-hydrogen) atoms. The van der Waals surface area contributed by atoms with Gasteiger partial charge in [-0.1, -0.05) is 53.3 Å². The maximum atomic E-state index is 13.6. The van der Waals surface area contributed by atoms with Gasteiger partial charge in [0.1, 0.15) is 11.8 Å². The fraction of sp³-hybridized carbons (Fsp3) is 0.200. The molecule has 4 aromatic rings. The van der Waals surface area contributed by atoms with Crippen molar-refractivity contribution in [1.29, 1.82) is 0 Å². The van der Waals surface area contributed by atoms with Crippen LogP contribution in [0.5, 0.6) is 5.75 Å². The van der Waals surface area contributed by atoms with E-state index in [0.717, 1.165) is 26.9 Å². The number of benzene rings is 3. The van der Waals surface area contributed by atoms with E-state index in [4.69, 9.17) is 4.74 Å². The molecule has 5 rings (SSSR count). The number of hydrogen-bond donors (Lipinski definition) is 1. The molecule has 1 aliphatic rings. The summed E-state index contributed by atoms with van der Waals surface area (Å²) in [5.41, 5.74) is 3.56. The van der Waals surface area contributed by atoms with Crippen LogP contribution in [-0.4, -0.2) is 36.8 Å². The number of hydrogen-bond acceptors (Lipinski definition) is 6. The van der Waals surface area contributed by atoms with Gasteiger partial charge >= 0.3 is 0 Å². The molecule has 0 saturated carbocycles. The predicted molar refractivity (Wildman–Crippen MR) is 133 cm³/mol. The fourth-order valence-electron chi connectivity index (χ4n) is 4.09. The van der Waals surface area contributed by atoms with Gasteiger partial charge in [-0.15, -0.1) is 0 Å². The minimum Gasteiger partial charge on any atom is -0.497 e. The zero-order valence-electron chi connectivity index (χ0n) is 18.7. The first kappa shape index (κ1) is 22.5. The maximum Gasteiger partial charge on any atom is 0.244 e. The number of methoxy groups -OCH3 is 1. The van der Waals surface area contributed by atoms with E-state index in [-0.39, 0.29) is 17.9 Å². The van der Waals surface area contributed by atoms with Crippen LogP contribution >= 0.6 is 11.3 Å². The van der Waals surface area contributed by atoms with Crippen LogP contribution in [0.15, 0.2) is 71.6 Å². The molecule has 174 valence electrons. The van der Waals surface area contributed by atoms with Crippen molar-refractivity contribution in [2.45, 2.75) is 30.8 Å². The number of nitrogens with zero attached hydrogens (tertiary/aromatic N) is 2. The van der Waals surface area contributed by atoms with Gasteiger partial charge in [0.15, 0.2) is 5.13 Å². The molecule has 2 heterocycles. The molecule has 0 spiro atoms. The first-order valence-corrected chi connectivity index (χ1v) is 13.0. The minimum atomic E-state index is -3.90. The lowest BCUT2D eigenvalue weighted by atomic mass is 9.95. The number of fused-ring (bicyclic) bond motifs is 2. The summed E-state index contributed by atoms with van der Waals surface area (Å²) in [5.74, 6) is 0.296. The van der Waals surface area contributed by atoms with Crippen LogP contribution in [0.4, 0.5) is 5.13 Å². The summed E-state index contributed by atoms with van der Waals surface area (Å²) in [4.78, 5) is 18.1. The molecule has 3 aromatic carbocycles. The number of carbonyl (C=O) groups is 1. The van der Waals surface area contributed by atoms with Crippen molar-refractivity contribution in [3.05, 3.63) is 83.4 Å². The monoisotopic (exact) mass is 493 g/mol. The SMILES string of the molecule is COc1ccc2nc(NC(=O)[C@H]3Cc4ccccc4CN3S(=O)(=O)c3ccc(C)cc3)sc2c1. The number of nitrogens with one attached hydrogen (secondary N) is 1. The van der Waals surface area contributed by atoms with Crippen LogP contribution < -0.4 is 10.1 Å². The van der Waals surface area contributed by atoms with E-state index >= 15 is 0 Å². The number of aromatic nitrogens is 1. The van der Waals surface area contributed by atoms with E-state index < -0.39 is 22.0 Å². The van der Waals surface area contributed by atoms with Crippen molar-refractivity contribution in [3.63, 3.8) is 0 Å². The van der Waals surface area contributed by atoms with Gasteiger partial charge in [-0.25, -0.2) is 13.4 Å². The second-order valence-electron chi connectivity index (χ2n) is 8.19. The predicted octanol–water partition coefficient (Wildman–Crippen LogP) is 4.37. The van der Waals surface area contributed by atoms with Crippen LogP contribution in [0.2, 0.25) is 0 Å². The smallest absolute Gasteiger partial charge is 0.244 e. The second kappa shape index (κ2) is 8.83. The number of anilines is 1. The van der Waals surface area contributed by atoms with E-state index in [2.05, 4.69) is 10.3 Å². The number of sulfonamides is 1. The van der Waals surface area contributed by atoms with Crippen LogP contribution in [0.3, 0.4) is 0 Å². The summed E-state index contributed by atoms with van der Waals surface area (Å²) in [6.07, 6.45) is 0.284. The van der Waals surface area contributed by atoms with Gasteiger partial charge in [0.25, 0.3) is 0 Å². The second-order valence-corrected chi connectivity index (χ2v) is 11.1. The topological polar surface area (TPSA) is 88.6 Å². The highest BCUT2D eigenvalue weighted by Crippen LogP contribution is 2.32. The molecule has 1 amide bonds. The largest absolute Gasteiger partial charge is 0.497 e. The molecule has 1 aliphatic heterocycles. The Hall–Kier alpha value is -3.27. The van der Waals surface area contributed by atoms with E-state index in [1.165, 1.54) is 15.6 Å². The lowest BCUT2D eigenvalue weighted by Gasteiger charge is -2.34. The molecular formula is C25H23N3O4S2. The number of amides is 1. The Balaban J connectivity index is 1.49. The minimum absolute atomic E-state index is 0.127. The van der Waals surface area contributed by atoms with E-state index in [0.29, 0.717) is 10.9 Å². The lowest BCUT2D eigenvalue weighted by molar-refractivity contribution is -0.120. The maximum absolute atomic E-state index is 13.6. The number of aryl methyl sites for hydroxylation is 1. The van der Waals surface area contributed by atoms with Crippen LogP contribution in [0, 0.1) is 6.92 Å². The average Bonchev–Trinajstić information content (AvgIpc) is 3.24. The molecule has 9 heteroatoms. The van der Waals surface area contributed by atoms with E-state index in [1.807, 2.05) is 49.4 Å². The van der Waals surface area contributed by atoms with Crippen molar-refractivity contribution >= 4 is 42.6 Å². The first-order valence-electron chi connectivity index (χ1n) is 10.8. The van der Waals surface area contributed by atoms with E-state index in [9.17, 15) is 13.2 Å². The third kappa shape index (κ3) is 4.18. The first-order chi connectivity index (χ1) is 16.3. The van der Waals surface area contributed by atoms with Crippen molar-refractivity contribution in [2.24, 2.45) is 0 Å². The molecule has 0 unspecified atom stereocenters. The highest BCUT2D eigenvalue weighted by molar-refractivity contribution is 7.89. The molecule has 0 fully saturated rings. The number of rotatable bonds is 5. The normalized spacial score (nSPS) is 16.2. The van der Waals surface area contributed by atoms with Crippen molar-refractivity contribution in [2.75, 3.05) is 12.4 Å². The van der Waals surface area contributed by atoms with Crippen LogP contribution in [0.25, 0.3) is 10.2 Å². The summed E-state index contributed by atoms with van der Waals surface area (Å²) in [6, 6.07) is 18.9. The molecule has 0 bridgehead atoms. The van der Waals surface area contributed by atoms with Gasteiger partial charge in [0, 0.05) is 6.54 Å². The average molecular weight is 494 g/mol. The van der Waals surface area contributed by atoms with E-state index in [1.54, 1.807) is 31.4 Å². The zero-order valence-corrected chi connectivity index (χ0v) is 20.3. The molecule has 0 aliphatic carbocycles. The molecule has 1 aromatic heterocycles. The number of carbonyl (C=O) groups excluding carboxylic acids is 1. The Labute approximate surface area is 202 Å². The van der Waals surface area contributed by atoms with Crippen molar-refractivity contribution in [1.82, 2.24) is 9.29 Å². The summed E-state index contributed by atoms with van der Waals surface area (Å²) in [7, 11) is -2.31. The third-order valence-corrected chi connectivity index (χ3v) is 8.76. The quantitative estimate of drug-likeness (QED) is 0.446. The summed E-state index contributed by atoms with van der Waals surface area (Å²) in [6.45, 7) is 2.03. The van der Waals surface area contributed by atoms with Gasteiger partial charge in [-0.3, -0.25) is 4.79 Å². The lowest BCUT2D eigenvalue weighted by Crippen LogP contribution is -2.50. The molecule has 0 radical (unpaired) electrons. The zero-order chi connectivity index (χ0) is 23.9. The summed E-state index contributed by atoms with van der Waals surface area (Å²) >= 11 is 1.32. The molecule has 1 atom stereocenters. The number of thiazole rings is 1. The molecule has 1 N–H and O–H groups in total. The Morgan fingerprint density at radius 2 is 1.82 bits per heavy atom. The van der Waals surface area contributed by atoms with Crippen LogP contribution in [-0.2, 0) is 27.8 Å². The van der Waals surface area contributed by atoms with Gasteiger partial charge in [0.2, 0.25) is 15.9 Å². The summed E-state index contributed by atoms with van der Waals surface area (Å²) in [5, 5.41) is 3.27. The van der Waals surface area contributed by atoms with Gasteiger partial charge in [-0.2, -0.15) is 4.31 Å². The van der Waals surface area contributed by atoms with Crippen LogP contribution in [0.1, 0.15) is 16.7 Å². The fourth-order valence-corrected chi connectivity index (χ4v) is 6.56. The van der Waals surface area contributed by atoms with Gasteiger partial charge in [-0.05, 0) is 54.8 Å². The highest BCUT2D eigenvalue weighted by atomic mass is 32.2. The standard InChI is InChI=1S/C25H23N3O4S2/c1-16-7-10-20(11-8-16)34(30,31)28-15-18-6-4-3-5-17(18)13-22(28)24(29)27-25-26-21-12-9-19(32-2)14-23(21)33-25/h3-12,14,22H,13,15H2,1-2H3,(H,26,27,29)/t22-/m1/s1. The van der Waals surface area contributed by atoms with Crippen molar-refractivity contribution in [3.8, 4) is 5.75 Å². The molecule has 0 saturated heterocycles. The molecular weight excluding hydrogens is 470 g/mol. The van der Waals surface area contributed by atoms with Gasteiger partial charge < -0.3 is 10.1 Å². The Bertz CT molecular complexity index is 1480. The third-order valence-electron chi connectivity index (χ3n) is 5.96. The summed E-state index contributed by atoms with van der Waals surface area (Å²) < 4.78 is 34.6. The number of ether oxygens (including phenoxy) is 1. The van der Waals surface area contributed by atoms with Gasteiger partial charge in [0.05, 0.1) is 22.2 Å². The Morgan fingerprint density at radius 1 is 1.09 bits per heavy atom. The Kier molecular flexibility index (Phi) is 5.85. The Morgan fingerprint density at radius 3 is 2.56 bits per heavy atom. The molecule has 7 nitrogen and oxygen atoms in total. The van der Waals surface area contributed by atoms with Crippen molar-refractivity contribution < 1.29 is 17.9 Å².